The summed E-state index contributed by atoms with van der Waals surface area (Å²) < 4.78 is 1.73. The smallest absolute Gasteiger partial charge is 0.223 e. The second-order valence-electron chi connectivity index (χ2n) is 6.25. The third-order valence-electron chi connectivity index (χ3n) is 4.28. The fraction of sp³-hybridized carbons (Fsp3) is 0.0952. The summed E-state index contributed by atoms with van der Waals surface area (Å²) in [6.07, 6.45) is 3.58. The lowest BCUT2D eigenvalue weighted by molar-refractivity contribution is 0.798. The first-order valence-corrected chi connectivity index (χ1v) is 8.77. The molecule has 2 aromatic carbocycles. The highest BCUT2D eigenvalue weighted by Crippen LogP contribution is 2.23. The lowest BCUT2D eigenvalue weighted by Crippen LogP contribution is -2.04. The van der Waals surface area contributed by atoms with E-state index in [0.29, 0.717) is 18.1 Å². The lowest BCUT2D eigenvalue weighted by atomic mass is 10.0. The molecule has 0 spiro atoms. The topological polar surface area (TPSA) is 92.3 Å². The van der Waals surface area contributed by atoms with Gasteiger partial charge >= 0.3 is 0 Å². The summed E-state index contributed by atoms with van der Waals surface area (Å²) in [6.45, 7) is 2.43. The Morgan fingerprint density at radius 1 is 1.11 bits per heavy atom. The van der Waals surface area contributed by atoms with Gasteiger partial charge < -0.3 is 5.32 Å². The van der Waals surface area contributed by atoms with Crippen LogP contribution in [-0.4, -0.2) is 25.0 Å². The van der Waals surface area contributed by atoms with Crippen LogP contribution in [0.3, 0.4) is 0 Å². The minimum Gasteiger partial charge on any atom is -0.348 e. The van der Waals surface area contributed by atoms with Gasteiger partial charge in [-0.05, 0) is 42.8 Å². The van der Waals surface area contributed by atoms with E-state index in [0.717, 1.165) is 28.2 Å². The molecule has 0 unspecified atom stereocenters. The van der Waals surface area contributed by atoms with E-state index in [4.69, 9.17) is 5.26 Å². The Hall–Kier alpha value is -4.05. The average Bonchev–Trinajstić information content (AvgIpc) is 3.22. The monoisotopic (exact) mass is 367 g/mol. The van der Waals surface area contributed by atoms with Crippen LogP contribution in [0.1, 0.15) is 16.8 Å². The van der Waals surface area contributed by atoms with Crippen molar-refractivity contribution in [1.29, 1.82) is 5.26 Å². The fourth-order valence-corrected chi connectivity index (χ4v) is 2.87. The molecule has 0 fully saturated rings. The summed E-state index contributed by atoms with van der Waals surface area (Å²) in [6, 6.07) is 19.4. The van der Waals surface area contributed by atoms with Crippen molar-refractivity contribution >= 4 is 5.95 Å². The molecule has 2 aromatic heterocycles. The first-order chi connectivity index (χ1) is 13.7. The fourth-order valence-electron chi connectivity index (χ4n) is 2.87. The number of rotatable bonds is 5. The van der Waals surface area contributed by atoms with E-state index < -0.39 is 0 Å². The summed E-state index contributed by atoms with van der Waals surface area (Å²) in [5, 5.41) is 20.5. The van der Waals surface area contributed by atoms with E-state index in [9.17, 15) is 0 Å². The molecule has 28 heavy (non-hydrogen) atoms. The molecule has 0 aliphatic carbocycles. The lowest BCUT2D eigenvalue weighted by Gasteiger charge is -2.08. The summed E-state index contributed by atoms with van der Waals surface area (Å²) in [4.78, 5) is 8.86. The maximum atomic E-state index is 9.02. The first kappa shape index (κ1) is 17.4. The maximum Gasteiger partial charge on any atom is 0.223 e. The number of nitrogens with one attached hydrogen (secondary N) is 1. The van der Waals surface area contributed by atoms with Gasteiger partial charge in [0, 0.05) is 11.8 Å². The molecule has 1 N–H and O–H groups in total. The highest BCUT2D eigenvalue weighted by atomic mass is 15.4. The van der Waals surface area contributed by atoms with Gasteiger partial charge in [-0.25, -0.2) is 14.6 Å². The minimum atomic E-state index is 0.461. The standard InChI is InChI=1S/C21H17N7/c1-15-11-16(12-22)7-8-19(15)20-9-10-23-21(25-20)24-13-17-14-28(27-26-17)18-5-3-2-4-6-18/h2-11,14H,13H2,1H3,(H,23,24,25). The van der Waals surface area contributed by atoms with Crippen molar-refractivity contribution < 1.29 is 0 Å². The van der Waals surface area contributed by atoms with Crippen LogP contribution >= 0.6 is 0 Å². The number of aromatic nitrogens is 5. The molecule has 0 bridgehead atoms. The van der Waals surface area contributed by atoms with E-state index in [-0.39, 0.29) is 0 Å². The van der Waals surface area contributed by atoms with Crippen LogP contribution in [0.4, 0.5) is 5.95 Å². The highest BCUT2D eigenvalue weighted by molar-refractivity contribution is 5.65. The molecule has 0 aliphatic heterocycles. The van der Waals surface area contributed by atoms with Crippen LogP contribution in [0.15, 0.2) is 67.0 Å². The Morgan fingerprint density at radius 3 is 2.75 bits per heavy atom. The zero-order chi connectivity index (χ0) is 19.3. The third kappa shape index (κ3) is 3.71. The number of hydrogen-bond donors (Lipinski definition) is 1. The Balaban J connectivity index is 1.49. The predicted molar refractivity (Wildman–Crippen MR) is 106 cm³/mol. The number of aryl methyl sites for hydroxylation is 1. The molecule has 0 saturated carbocycles. The van der Waals surface area contributed by atoms with Crippen molar-refractivity contribution in [1.82, 2.24) is 25.0 Å². The van der Waals surface area contributed by atoms with Gasteiger partial charge in [0.2, 0.25) is 5.95 Å². The van der Waals surface area contributed by atoms with Crippen LogP contribution in [0.25, 0.3) is 16.9 Å². The largest absolute Gasteiger partial charge is 0.348 e. The summed E-state index contributed by atoms with van der Waals surface area (Å²) >= 11 is 0. The Bertz CT molecular complexity index is 1140. The van der Waals surface area contributed by atoms with Crippen LogP contribution in [0, 0.1) is 18.3 Å². The molecule has 0 radical (unpaired) electrons. The van der Waals surface area contributed by atoms with Crippen LogP contribution in [0.5, 0.6) is 0 Å². The van der Waals surface area contributed by atoms with Gasteiger partial charge in [-0.1, -0.05) is 29.5 Å². The van der Waals surface area contributed by atoms with Crippen molar-refractivity contribution in [2.45, 2.75) is 13.5 Å². The van der Waals surface area contributed by atoms with E-state index in [2.05, 4.69) is 31.7 Å². The van der Waals surface area contributed by atoms with E-state index >= 15 is 0 Å². The van der Waals surface area contributed by atoms with Gasteiger partial charge in [-0.3, -0.25) is 0 Å². The molecule has 4 aromatic rings. The van der Waals surface area contributed by atoms with Gasteiger partial charge in [0.15, 0.2) is 0 Å². The molecule has 7 heteroatoms. The van der Waals surface area contributed by atoms with Crippen LogP contribution in [-0.2, 0) is 6.54 Å². The molecule has 136 valence electrons. The Kier molecular flexibility index (Phi) is 4.76. The average molecular weight is 367 g/mol. The molecule has 0 atom stereocenters. The van der Waals surface area contributed by atoms with E-state index in [1.54, 1.807) is 16.9 Å². The number of hydrogen-bond acceptors (Lipinski definition) is 6. The molecule has 0 aliphatic rings. The second kappa shape index (κ2) is 7.68. The number of anilines is 1. The van der Waals surface area contributed by atoms with Crippen LogP contribution in [0.2, 0.25) is 0 Å². The summed E-state index contributed by atoms with van der Waals surface area (Å²) in [5.41, 5.74) is 5.14. The predicted octanol–water partition coefficient (Wildman–Crippen LogP) is 3.52. The number of benzene rings is 2. The molecule has 0 amide bonds. The van der Waals surface area contributed by atoms with Crippen molar-refractivity contribution in [2.24, 2.45) is 0 Å². The number of nitrogens with zero attached hydrogens (tertiary/aromatic N) is 6. The normalized spacial score (nSPS) is 10.4. The van der Waals surface area contributed by atoms with Crippen LogP contribution < -0.4 is 5.32 Å². The Labute approximate surface area is 162 Å². The van der Waals surface area contributed by atoms with Crippen molar-refractivity contribution in [3.05, 3.63) is 83.8 Å². The van der Waals surface area contributed by atoms with Gasteiger partial charge in [0.1, 0.15) is 5.69 Å². The molecular weight excluding hydrogens is 350 g/mol. The zero-order valence-electron chi connectivity index (χ0n) is 15.2. The molecular formula is C21H17N7. The zero-order valence-corrected chi connectivity index (χ0v) is 15.2. The summed E-state index contributed by atoms with van der Waals surface area (Å²) in [7, 11) is 0. The van der Waals surface area contributed by atoms with E-state index in [1.165, 1.54) is 0 Å². The van der Waals surface area contributed by atoms with E-state index in [1.807, 2.05) is 61.7 Å². The third-order valence-corrected chi connectivity index (χ3v) is 4.28. The van der Waals surface area contributed by atoms with Crippen molar-refractivity contribution in [3.63, 3.8) is 0 Å². The first-order valence-electron chi connectivity index (χ1n) is 8.77. The molecule has 0 saturated heterocycles. The van der Waals surface area contributed by atoms with Gasteiger partial charge in [-0.15, -0.1) is 5.10 Å². The SMILES string of the molecule is Cc1cc(C#N)ccc1-c1ccnc(NCc2cn(-c3ccccc3)nn2)n1. The van der Waals surface area contributed by atoms with Gasteiger partial charge in [-0.2, -0.15) is 5.26 Å². The quantitative estimate of drug-likeness (QED) is 0.580. The molecule has 2 heterocycles. The highest BCUT2D eigenvalue weighted by Gasteiger charge is 2.08. The number of para-hydroxylation sites is 1. The maximum absolute atomic E-state index is 9.02. The van der Waals surface area contributed by atoms with Gasteiger partial charge in [0.05, 0.1) is 35.8 Å². The van der Waals surface area contributed by atoms with Crippen molar-refractivity contribution in [3.8, 4) is 23.0 Å². The Morgan fingerprint density at radius 2 is 1.96 bits per heavy atom. The number of nitriles is 1. The molecule has 7 nitrogen and oxygen atoms in total. The summed E-state index contributed by atoms with van der Waals surface area (Å²) in [5.74, 6) is 0.510. The van der Waals surface area contributed by atoms with Gasteiger partial charge in [0.25, 0.3) is 0 Å². The minimum absolute atomic E-state index is 0.461. The molecule has 4 rings (SSSR count). The van der Waals surface area contributed by atoms with Crippen molar-refractivity contribution in [2.75, 3.05) is 5.32 Å². The second-order valence-corrected chi connectivity index (χ2v) is 6.25.